The average Bonchev–Trinajstić information content (AvgIpc) is 3.00. The Kier molecular flexibility index (Phi) is 4.34. The molecule has 1 aromatic carbocycles. The van der Waals surface area contributed by atoms with Crippen molar-refractivity contribution in [1.29, 1.82) is 0 Å². The van der Waals surface area contributed by atoms with E-state index in [1.807, 2.05) is 24.3 Å². The zero-order valence-corrected chi connectivity index (χ0v) is 13.7. The number of nitrogens with zero attached hydrogens (tertiary/aromatic N) is 2. The van der Waals surface area contributed by atoms with Crippen LogP contribution in [0, 0.1) is 5.92 Å². The molecule has 1 aliphatic rings. The number of para-hydroxylation sites is 1. The largest absolute Gasteiger partial charge is 0.450 e. The van der Waals surface area contributed by atoms with E-state index in [4.69, 9.17) is 4.42 Å². The summed E-state index contributed by atoms with van der Waals surface area (Å²) in [5.41, 5.74) is 2.41. The predicted molar refractivity (Wildman–Crippen MR) is 95.0 cm³/mol. The number of aromatic nitrogens is 2. The molecular weight excluding hydrogens is 302 g/mol. The predicted octanol–water partition coefficient (Wildman–Crippen LogP) is 4.12. The molecule has 1 aliphatic carbocycles. The van der Waals surface area contributed by atoms with Gasteiger partial charge in [0.1, 0.15) is 17.4 Å². The first-order chi connectivity index (χ1) is 11.8. The molecule has 5 heteroatoms. The number of aliphatic hydroxyl groups excluding tert-OH is 1. The van der Waals surface area contributed by atoms with Gasteiger partial charge in [-0.15, -0.1) is 0 Å². The Hall–Kier alpha value is -2.14. The number of rotatable bonds is 5. The molecule has 4 rings (SSSR count). The Morgan fingerprint density at radius 3 is 2.96 bits per heavy atom. The van der Waals surface area contributed by atoms with E-state index in [1.54, 1.807) is 6.33 Å². The Morgan fingerprint density at radius 2 is 2.04 bits per heavy atom. The SMILES string of the molecule is OC1CCCCC1CCCNc1ncnc2c1oc1ccccc12. The monoisotopic (exact) mass is 325 g/mol. The maximum atomic E-state index is 10.1. The van der Waals surface area contributed by atoms with Crippen molar-refractivity contribution >= 4 is 27.9 Å². The standard InChI is InChI=1S/C19H23N3O2/c23-15-9-3-1-6-13(15)7-5-11-20-19-18-17(21-12-22-19)14-8-2-4-10-16(14)24-18/h2,4,8,10,12-13,15,23H,1,3,5-7,9,11H2,(H,20,21,22). The summed E-state index contributed by atoms with van der Waals surface area (Å²) in [6, 6.07) is 7.91. The van der Waals surface area contributed by atoms with Gasteiger partial charge >= 0.3 is 0 Å². The van der Waals surface area contributed by atoms with Crippen molar-refractivity contribution in [3.05, 3.63) is 30.6 Å². The van der Waals surface area contributed by atoms with Crippen molar-refractivity contribution in [3.63, 3.8) is 0 Å². The molecule has 2 unspecified atom stereocenters. The highest BCUT2D eigenvalue weighted by atomic mass is 16.3. The molecule has 126 valence electrons. The third-order valence-electron chi connectivity index (χ3n) is 5.07. The lowest BCUT2D eigenvalue weighted by atomic mass is 9.83. The zero-order chi connectivity index (χ0) is 16.4. The Labute approximate surface area is 141 Å². The molecule has 0 bridgehead atoms. The molecule has 24 heavy (non-hydrogen) atoms. The quantitative estimate of drug-likeness (QED) is 0.691. The van der Waals surface area contributed by atoms with Gasteiger partial charge in [-0.05, 0) is 43.7 Å². The van der Waals surface area contributed by atoms with Gasteiger partial charge in [-0.2, -0.15) is 0 Å². The van der Waals surface area contributed by atoms with Gasteiger partial charge in [0.15, 0.2) is 11.4 Å². The Morgan fingerprint density at radius 1 is 1.17 bits per heavy atom. The van der Waals surface area contributed by atoms with Crippen LogP contribution in [0.1, 0.15) is 38.5 Å². The molecule has 2 heterocycles. The summed E-state index contributed by atoms with van der Waals surface area (Å²) in [5.74, 6) is 1.21. The van der Waals surface area contributed by atoms with Crippen molar-refractivity contribution < 1.29 is 9.52 Å². The highest BCUT2D eigenvalue weighted by Crippen LogP contribution is 2.31. The third-order valence-corrected chi connectivity index (χ3v) is 5.07. The Balaban J connectivity index is 1.43. The summed E-state index contributed by atoms with van der Waals surface area (Å²) in [6.45, 7) is 0.826. The number of fused-ring (bicyclic) bond motifs is 3. The molecule has 0 radical (unpaired) electrons. The lowest BCUT2D eigenvalue weighted by Crippen LogP contribution is -2.24. The number of furan rings is 1. The van der Waals surface area contributed by atoms with E-state index >= 15 is 0 Å². The fourth-order valence-corrected chi connectivity index (χ4v) is 3.75. The topological polar surface area (TPSA) is 71.2 Å². The summed E-state index contributed by atoms with van der Waals surface area (Å²) in [5, 5.41) is 14.4. The second-order valence-corrected chi connectivity index (χ2v) is 6.68. The van der Waals surface area contributed by atoms with Gasteiger partial charge in [0.2, 0.25) is 0 Å². The van der Waals surface area contributed by atoms with Crippen LogP contribution >= 0.6 is 0 Å². The van der Waals surface area contributed by atoms with Crippen molar-refractivity contribution in [1.82, 2.24) is 9.97 Å². The van der Waals surface area contributed by atoms with Crippen LogP contribution < -0.4 is 5.32 Å². The molecule has 1 saturated carbocycles. The minimum absolute atomic E-state index is 0.111. The fraction of sp³-hybridized carbons (Fsp3) is 0.474. The van der Waals surface area contributed by atoms with Crippen molar-refractivity contribution in [2.24, 2.45) is 5.92 Å². The van der Waals surface area contributed by atoms with Crippen LogP contribution in [0.3, 0.4) is 0 Å². The maximum absolute atomic E-state index is 10.1. The normalized spacial score (nSPS) is 21.4. The molecular formula is C19H23N3O2. The number of hydrogen-bond donors (Lipinski definition) is 2. The number of anilines is 1. The number of benzene rings is 1. The molecule has 0 saturated heterocycles. The van der Waals surface area contributed by atoms with Gasteiger partial charge in [-0.25, -0.2) is 9.97 Å². The van der Waals surface area contributed by atoms with E-state index in [-0.39, 0.29) is 6.10 Å². The van der Waals surface area contributed by atoms with E-state index < -0.39 is 0 Å². The average molecular weight is 325 g/mol. The smallest absolute Gasteiger partial charge is 0.196 e. The first-order valence-corrected chi connectivity index (χ1v) is 8.87. The summed E-state index contributed by atoms with van der Waals surface area (Å²) >= 11 is 0. The van der Waals surface area contributed by atoms with Gasteiger partial charge in [-0.1, -0.05) is 25.0 Å². The first-order valence-electron chi connectivity index (χ1n) is 8.87. The molecule has 0 spiro atoms. The molecule has 0 aliphatic heterocycles. The number of nitrogens with one attached hydrogen (secondary N) is 1. The second kappa shape index (κ2) is 6.77. The molecule has 2 atom stereocenters. The molecule has 2 aromatic heterocycles. The highest BCUT2D eigenvalue weighted by Gasteiger charge is 2.22. The minimum Gasteiger partial charge on any atom is -0.450 e. The van der Waals surface area contributed by atoms with Gasteiger partial charge in [0.25, 0.3) is 0 Å². The van der Waals surface area contributed by atoms with Gasteiger partial charge in [-0.3, -0.25) is 0 Å². The van der Waals surface area contributed by atoms with Crippen molar-refractivity contribution in [2.45, 2.75) is 44.6 Å². The van der Waals surface area contributed by atoms with Crippen LogP contribution in [0.2, 0.25) is 0 Å². The second-order valence-electron chi connectivity index (χ2n) is 6.68. The van der Waals surface area contributed by atoms with Crippen LogP contribution in [0.5, 0.6) is 0 Å². The molecule has 5 nitrogen and oxygen atoms in total. The van der Waals surface area contributed by atoms with Crippen LogP contribution in [0.25, 0.3) is 22.1 Å². The van der Waals surface area contributed by atoms with E-state index in [1.165, 1.54) is 12.8 Å². The van der Waals surface area contributed by atoms with E-state index in [0.29, 0.717) is 5.92 Å². The van der Waals surface area contributed by atoms with Gasteiger partial charge in [0.05, 0.1) is 6.10 Å². The molecule has 1 fully saturated rings. The zero-order valence-electron chi connectivity index (χ0n) is 13.7. The lowest BCUT2D eigenvalue weighted by molar-refractivity contribution is 0.0648. The van der Waals surface area contributed by atoms with E-state index in [0.717, 1.165) is 60.1 Å². The number of aliphatic hydroxyl groups is 1. The highest BCUT2D eigenvalue weighted by molar-refractivity contribution is 6.05. The first kappa shape index (κ1) is 15.4. The van der Waals surface area contributed by atoms with Crippen LogP contribution in [-0.2, 0) is 0 Å². The van der Waals surface area contributed by atoms with Crippen LogP contribution in [-0.4, -0.2) is 27.7 Å². The summed E-state index contributed by atoms with van der Waals surface area (Å²) in [7, 11) is 0. The van der Waals surface area contributed by atoms with E-state index in [2.05, 4.69) is 15.3 Å². The number of hydrogen-bond acceptors (Lipinski definition) is 5. The Bertz CT molecular complexity index is 830. The maximum Gasteiger partial charge on any atom is 0.196 e. The van der Waals surface area contributed by atoms with E-state index in [9.17, 15) is 5.11 Å². The third kappa shape index (κ3) is 2.96. The lowest BCUT2D eigenvalue weighted by Gasteiger charge is -2.27. The van der Waals surface area contributed by atoms with Gasteiger partial charge < -0.3 is 14.8 Å². The van der Waals surface area contributed by atoms with Crippen molar-refractivity contribution in [2.75, 3.05) is 11.9 Å². The summed E-state index contributed by atoms with van der Waals surface area (Å²) in [6.07, 6.45) is 8.08. The van der Waals surface area contributed by atoms with Crippen molar-refractivity contribution in [3.8, 4) is 0 Å². The summed E-state index contributed by atoms with van der Waals surface area (Å²) in [4.78, 5) is 8.70. The fourth-order valence-electron chi connectivity index (χ4n) is 3.75. The van der Waals surface area contributed by atoms with Crippen LogP contribution in [0.15, 0.2) is 35.0 Å². The van der Waals surface area contributed by atoms with Gasteiger partial charge in [0, 0.05) is 11.9 Å². The molecule has 0 amide bonds. The molecule has 2 N–H and O–H groups in total. The molecule has 3 aromatic rings. The van der Waals surface area contributed by atoms with Crippen LogP contribution in [0.4, 0.5) is 5.82 Å². The summed E-state index contributed by atoms with van der Waals surface area (Å²) < 4.78 is 5.92. The minimum atomic E-state index is -0.111.